The molecule has 36 heavy (non-hydrogen) atoms. The highest BCUT2D eigenvalue weighted by Crippen LogP contribution is 2.23. The summed E-state index contributed by atoms with van der Waals surface area (Å²) in [6.07, 6.45) is 2.82. The molecule has 1 aliphatic heterocycles. The Hall–Kier alpha value is -3.51. The van der Waals surface area contributed by atoms with Gasteiger partial charge in [0, 0.05) is 41.7 Å². The number of aliphatic hydroxyl groups is 1. The maximum Gasteiger partial charge on any atom is 0.345 e. The molecule has 1 atom stereocenters. The minimum Gasteiger partial charge on any atom is -0.477 e. The Labute approximate surface area is 218 Å². The Kier molecular flexibility index (Phi) is 8.85. The van der Waals surface area contributed by atoms with Crippen molar-refractivity contribution in [3.63, 3.8) is 0 Å². The van der Waals surface area contributed by atoms with Crippen LogP contribution in [0.2, 0.25) is 0 Å². The van der Waals surface area contributed by atoms with Gasteiger partial charge in [0.1, 0.15) is 4.88 Å². The van der Waals surface area contributed by atoms with Gasteiger partial charge in [0.25, 0.3) is 0 Å². The summed E-state index contributed by atoms with van der Waals surface area (Å²) in [5.74, 6) is 5.39. The van der Waals surface area contributed by atoms with E-state index in [0.29, 0.717) is 37.2 Å². The molecule has 0 aliphatic carbocycles. The van der Waals surface area contributed by atoms with Crippen molar-refractivity contribution < 1.29 is 19.8 Å². The SMILES string of the molecule is O=C(O)c1ccc(CCN2C(=O)SC=CN2CCC(O)Cc2cccc(C#Cc3ccccc3)c2)s1. The zero-order valence-corrected chi connectivity index (χ0v) is 21.2. The summed E-state index contributed by atoms with van der Waals surface area (Å²) >= 11 is 2.34. The van der Waals surface area contributed by atoms with Gasteiger partial charge in [0.05, 0.1) is 6.10 Å². The van der Waals surface area contributed by atoms with E-state index in [4.69, 9.17) is 5.11 Å². The zero-order chi connectivity index (χ0) is 25.3. The van der Waals surface area contributed by atoms with Crippen LogP contribution in [0, 0.1) is 11.8 Å². The van der Waals surface area contributed by atoms with Gasteiger partial charge in [-0.2, -0.15) is 0 Å². The van der Waals surface area contributed by atoms with Gasteiger partial charge in [-0.15, -0.1) is 11.3 Å². The van der Waals surface area contributed by atoms with E-state index < -0.39 is 12.1 Å². The summed E-state index contributed by atoms with van der Waals surface area (Å²) in [7, 11) is 0. The molecule has 0 saturated heterocycles. The number of thiophene rings is 1. The number of amides is 1. The van der Waals surface area contributed by atoms with Crippen LogP contribution in [0.4, 0.5) is 4.79 Å². The topological polar surface area (TPSA) is 81.1 Å². The lowest BCUT2D eigenvalue weighted by Gasteiger charge is -2.36. The normalized spacial score (nSPS) is 13.9. The van der Waals surface area contributed by atoms with Gasteiger partial charge < -0.3 is 10.2 Å². The third-order valence-electron chi connectivity index (χ3n) is 5.58. The smallest absolute Gasteiger partial charge is 0.345 e. The molecule has 2 heterocycles. The van der Waals surface area contributed by atoms with E-state index in [-0.39, 0.29) is 5.24 Å². The summed E-state index contributed by atoms with van der Waals surface area (Å²) in [6.45, 7) is 0.927. The fourth-order valence-electron chi connectivity index (χ4n) is 3.76. The number of thioether (sulfide) groups is 1. The molecule has 2 aromatic carbocycles. The third-order valence-corrected chi connectivity index (χ3v) is 7.38. The predicted octanol–water partition coefficient (Wildman–Crippen LogP) is 5.24. The molecular formula is C28H26N2O4S2. The first-order valence-electron chi connectivity index (χ1n) is 11.6. The molecule has 184 valence electrons. The highest BCUT2D eigenvalue weighted by atomic mass is 32.2. The number of rotatable bonds is 9. The molecule has 0 spiro atoms. The molecule has 1 aromatic heterocycles. The van der Waals surface area contributed by atoms with Crippen LogP contribution in [-0.2, 0) is 12.8 Å². The first kappa shape index (κ1) is 25.6. The predicted molar refractivity (Wildman–Crippen MR) is 144 cm³/mol. The number of aliphatic hydroxyl groups excluding tert-OH is 1. The van der Waals surface area contributed by atoms with Gasteiger partial charge >= 0.3 is 11.2 Å². The Morgan fingerprint density at radius 2 is 1.75 bits per heavy atom. The molecule has 0 fully saturated rings. The summed E-state index contributed by atoms with van der Waals surface area (Å²) in [6, 6.07) is 21.1. The van der Waals surface area contributed by atoms with Gasteiger partial charge in [0.2, 0.25) is 0 Å². The number of carboxylic acids is 1. The van der Waals surface area contributed by atoms with E-state index in [9.17, 15) is 14.7 Å². The second-order valence-electron chi connectivity index (χ2n) is 8.24. The average Bonchev–Trinajstić information content (AvgIpc) is 3.36. The molecule has 8 heteroatoms. The fourth-order valence-corrected chi connectivity index (χ4v) is 5.23. The van der Waals surface area contributed by atoms with Crippen LogP contribution in [0.3, 0.4) is 0 Å². The summed E-state index contributed by atoms with van der Waals surface area (Å²) in [4.78, 5) is 24.8. The van der Waals surface area contributed by atoms with E-state index in [0.717, 1.165) is 33.3 Å². The minimum atomic E-state index is -0.942. The van der Waals surface area contributed by atoms with Crippen molar-refractivity contribution in [3.05, 3.63) is 105 Å². The number of carboxylic acid groups (broad SMARTS) is 1. The monoisotopic (exact) mass is 518 g/mol. The van der Waals surface area contributed by atoms with Gasteiger partial charge in [-0.1, -0.05) is 42.2 Å². The molecule has 1 unspecified atom stereocenters. The zero-order valence-electron chi connectivity index (χ0n) is 19.5. The average molecular weight is 519 g/mol. The van der Waals surface area contributed by atoms with Crippen LogP contribution in [0.15, 0.2) is 78.3 Å². The molecule has 4 rings (SSSR count). The molecule has 3 aromatic rings. The Balaban J connectivity index is 1.31. The van der Waals surface area contributed by atoms with Gasteiger partial charge in [-0.25, -0.2) is 9.80 Å². The number of nitrogens with zero attached hydrogens (tertiary/aromatic N) is 2. The highest BCUT2D eigenvalue weighted by Gasteiger charge is 2.23. The van der Waals surface area contributed by atoms with Crippen molar-refractivity contribution >= 4 is 34.3 Å². The van der Waals surface area contributed by atoms with E-state index in [2.05, 4.69) is 11.8 Å². The summed E-state index contributed by atoms with van der Waals surface area (Å²) in [5, 5.41) is 24.9. The van der Waals surface area contributed by atoms with Crippen molar-refractivity contribution in [3.8, 4) is 11.8 Å². The molecule has 1 amide bonds. The number of hydrogen-bond donors (Lipinski definition) is 2. The van der Waals surface area contributed by atoms with Gasteiger partial charge in [-0.3, -0.25) is 9.80 Å². The molecule has 0 saturated carbocycles. The second kappa shape index (κ2) is 12.5. The van der Waals surface area contributed by atoms with Crippen LogP contribution in [0.5, 0.6) is 0 Å². The van der Waals surface area contributed by atoms with Gasteiger partial charge in [0.15, 0.2) is 0 Å². The fraction of sp³-hybridized carbons (Fsp3) is 0.214. The minimum absolute atomic E-state index is 0.0910. The van der Waals surface area contributed by atoms with Gasteiger partial charge in [-0.05, 0) is 72.0 Å². The van der Waals surface area contributed by atoms with Crippen LogP contribution in [0.25, 0.3) is 0 Å². The summed E-state index contributed by atoms with van der Waals surface area (Å²) in [5.41, 5.74) is 2.86. The van der Waals surface area contributed by atoms with E-state index in [1.165, 1.54) is 11.3 Å². The number of hydrogen-bond acceptors (Lipinski definition) is 6. The van der Waals surface area contributed by atoms with Crippen LogP contribution >= 0.6 is 23.1 Å². The summed E-state index contributed by atoms with van der Waals surface area (Å²) < 4.78 is 0. The van der Waals surface area contributed by atoms with Crippen LogP contribution < -0.4 is 0 Å². The van der Waals surface area contributed by atoms with Crippen LogP contribution in [-0.4, -0.2) is 50.6 Å². The standard InChI is InChI=1S/C28H26N2O4S2/c31-24(20-23-8-4-7-22(19-23)10-9-21-5-2-1-3-6-21)13-15-29-17-18-35-28(34)30(29)16-14-25-11-12-26(36-25)27(32)33/h1-8,11-12,17-19,24,31H,13-16,20H2,(H,32,33). The molecule has 6 nitrogen and oxygen atoms in total. The number of hydrazine groups is 1. The maximum absolute atomic E-state index is 12.5. The molecule has 1 aliphatic rings. The van der Waals surface area contributed by atoms with E-state index >= 15 is 0 Å². The van der Waals surface area contributed by atoms with Crippen molar-refractivity contribution in [1.29, 1.82) is 0 Å². The van der Waals surface area contributed by atoms with Crippen molar-refractivity contribution in [2.45, 2.75) is 25.4 Å². The molecule has 2 N–H and O–H groups in total. The van der Waals surface area contributed by atoms with Crippen molar-refractivity contribution in [1.82, 2.24) is 10.0 Å². The number of benzene rings is 2. The first-order chi connectivity index (χ1) is 17.5. The Morgan fingerprint density at radius 3 is 2.53 bits per heavy atom. The molecule has 0 bridgehead atoms. The van der Waals surface area contributed by atoms with Crippen molar-refractivity contribution in [2.75, 3.05) is 13.1 Å². The molecular weight excluding hydrogens is 492 g/mol. The van der Waals surface area contributed by atoms with E-state index in [1.54, 1.807) is 22.5 Å². The van der Waals surface area contributed by atoms with Crippen LogP contribution in [0.1, 0.15) is 37.7 Å². The Bertz CT molecular complexity index is 1290. The van der Waals surface area contributed by atoms with Crippen molar-refractivity contribution in [2.24, 2.45) is 0 Å². The number of aromatic carboxylic acids is 1. The molecule has 0 radical (unpaired) electrons. The third kappa shape index (κ3) is 7.25. The van der Waals surface area contributed by atoms with E-state index in [1.807, 2.05) is 65.8 Å². The maximum atomic E-state index is 12.5. The lowest BCUT2D eigenvalue weighted by molar-refractivity contribution is 0.0548. The Morgan fingerprint density at radius 1 is 0.972 bits per heavy atom. The number of carbonyl (C=O) groups excluding carboxylic acids is 1. The lowest BCUT2D eigenvalue weighted by Crippen LogP contribution is -2.45. The second-order valence-corrected chi connectivity index (χ2v) is 10.3. The highest BCUT2D eigenvalue weighted by molar-refractivity contribution is 8.16. The number of carbonyl (C=O) groups is 2. The quantitative estimate of drug-likeness (QED) is 0.377. The first-order valence-corrected chi connectivity index (χ1v) is 13.2. The lowest BCUT2D eigenvalue weighted by atomic mass is 10.0. The largest absolute Gasteiger partial charge is 0.477 e.